The number of ether oxygens (including phenoxy) is 1. The summed E-state index contributed by atoms with van der Waals surface area (Å²) in [6.45, 7) is 2.68. The number of rotatable bonds is 6. The first-order chi connectivity index (χ1) is 10.2. The van der Waals surface area contributed by atoms with Gasteiger partial charge in [-0.25, -0.2) is 4.39 Å². The maximum Gasteiger partial charge on any atom is 0.142 e. The Labute approximate surface area is 129 Å². The van der Waals surface area contributed by atoms with Gasteiger partial charge >= 0.3 is 0 Å². The molecular weight excluding hydrogens is 289 g/mol. The molecule has 1 unspecified atom stereocenters. The minimum atomic E-state index is -0.388. The van der Waals surface area contributed by atoms with E-state index in [2.05, 4.69) is 12.2 Å². The highest BCUT2D eigenvalue weighted by atomic mass is 35.5. The summed E-state index contributed by atoms with van der Waals surface area (Å²) in [4.78, 5) is 0. The Kier molecular flexibility index (Phi) is 5.59. The smallest absolute Gasteiger partial charge is 0.142 e. The van der Waals surface area contributed by atoms with Gasteiger partial charge < -0.3 is 10.1 Å². The van der Waals surface area contributed by atoms with Crippen molar-refractivity contribution in [2.75, 3.05) is 7.11 Å². The number of para-hydroxylation sites is 1. The van der Waals surface area contributed by atoms with Crippen molar-refractivity contribution >= 4 is 11.6 Å². The molecule has 2 aromatic rings. The van der Waals surface area contributed by atoms with E-state index in [0.29, 0.717) is 6.54 Å². The molecule has 4 heteroatoms. The molecule has 0 heterocycles. The molecule has 2 nitrogen and oxygen atoms in total. The van der Waals surface area contributed by atoms with Gasteiger partial charge in [0.1, 0.15) is 11.6 Å². The van der Waals surface area contributed by atoms with Crippen LogP contribution in [0, 0.1) is 5.82 Å². The van der Waals surface area contributed by atoms with Gasteiger partial charge in [0.05, 0.1) is 12.1 Å². The van der Waals surface area contributed by atoms with Crippen LogP contribution in [0.4, 0.5) is 4.39 Å². The summed E-state index contributed by atoms with van der Waals surface area (Å²) < 4.78 is 18.8. The highest BCUT2D eigenvalue weighted by Crippen LogP contribution is 2.27. The van der Waals surface area contributed by atoms with Crippen LogP contribution in [0.1, 0.15) is 30.5 Å². The van der Waals surface area contributed by atoms with Crippen molar-refractivity contribution in [1.82, 2.24) is 5.32 Å². The second kappa shape index (κ2) is 7.43. The highest BCUT2D eigenvalue weighted by molar-refractivity contribution is 6.30. The summed E-state index contributed by atoms with van der Waals surface area (Å²) >= 11 is 5.69. The molecule has 0 spiro atoms. The molecular formula is C17H19ClFNO. The molecule has 0 amide bonds. The van der Waals surface area contributed by atoms with Crippen LogP contribution < -0.4 is 10.1 Å². The lowest BCUT2D eigenvalue weighted by Crippen LogP contribution is -2.21. The molecule has 0 radical (unpaired) electrons. The Bertz CT molecular complexity index is 603. The number of hydrogen-bond acceptors (Lipinski definition) is 2. The van der Waals surface area contributed by atoms with Crippen molar-refractivity contribution in [1.29, 1.82) is 0 Å². The number of nitrogens with one attached hydrogen (secondary N) is 1. The van der Waals surface area contributed by atoms with Gasteiger partial charge in [-0.1, -0.05) is 42.8 Å². The minimum Gasteiger partial charge on any atom is -0.496 e. The Morgan fingerprint density at radius 1 is 1.24 bits per heavy atom. The molecule has 0 aliphatic carbocycles. The first-order valence-corrected chi connectivity index (χ1v) is 7.33. The van der Waals surface area contributed by atoms with Crippen molar-refractivity contribution < 1.29 is 9.13 Å². The van der Waals surface area contributed by atoms with Crippen molar-refractivity contribution in [3.63, 3.8) is 0 Å². The predicted molar refractivity (Wildman–Crippen MR) is 84.3 cm³/mol. The maximum atomic E-state index is 13.4. The molecule has 0 aliphatic heterocycles. The van der Waals surface area contributed by atoms with E-state index < -0.39 is 0 Å². The van der Waals surface area contributed by atoms with Gasteiger partial charge in [-0.15, -0.1) is 0 Å². The van der Waals surface area contributed by atoms with E-state index in [0.717, 1.165) is 23.3 Å². The zero-order chi connectivity index (χ0) is 15.2. The SMILES string of the molecule is CCC(NCc1ccc(Cl)c(F)c1)c1ccccc1OC. The van der Waals surface area contributed by atoms with E-state index in [4.69, 9.17) is 16.3 Å². The Balaban J connectivity index is 2.10. The van der Waals surface area contributed by atoms with Gasteiger partial charge in [0, 0.05) is 18.2 Å². The lowest BCUT2D eigenvalue weighted by atomic mass is 10.0. The third-order valence-corrected chi connectivity index (χ3v) is 3.77. The Hall–Kier alpha value is -1.58. The van der Waals surface area contributed by atoms with Crippen molar-refractivity contribution in [3.05, 3.63) is 64.4 Å². The van der Waals surface area contributed by atoms with Gasteiger partial charge in [-0.05, 0) is 30.2 Å². The van der Waals surface area contributed by atoms with E-state index in [1.807, 2.05) is 30.3 Å². The lowest BCUT2D eigenvalue weighted by Gasteiger charge is -2.20. The van der Waals surface area contributed by atoms with Gasteiger partial charge in [0.15, 0.2) is 0 Å². The van der Waals surface area contributed by atoms with Crippen LogP contribution in [0.15, 0.2) is 42.5 Å². The summed E-state index contributed by atoms with van der Waals surface area (Å²) in [6, 6.07) is 13.0. The summed E-state index contributed by atoms with van der Waals surface area (Å²) in [5.41, 5.74) is 1.97. The van der Waals surface area contributed by atoms with Crippen molar-refractivity contribution in [2.24, 2.45) is 0 Å². The van der Waals surface area contributed by atoms with Crippen LogP contribution in [-0.4, -0.2) is 7.11 Å². The van der Waals surface area contributed by atoms with Crippen LogP contribution >= 0.6 is 11.6 Å². The molecule has 0 saturated carbocycles. The van der Waals surface area contributed by atoms with Crippen LogP contribution in [0.3, 0.4) is 0 Å². The first-order valence-electron chi connectivity index (χ1n) is 6.96. The average molecular weight is 308 g/mol. The quantitative estimate of drug-likeness (QED) is 0.833. The molecule has 0 aromatic heterocycles. The van der Waals surface area contributed by atoms with E-state index in [1.54, 1.807) is 13.2 Å². The van der Waals surface area contributed by atoms with E-state index in [-0.39, 0.29) is 16.9 Å². The molecule has 2 rings (SSSR count). The zero-order valence-electron chi connectivity index (χ0n) is 12.2. The lowest BCUT2D eigenvalue weighted by molar-refractivity contribution is 0.396. The van der Waals surface area contributed by atoms with Gasteiger partial charge in [-0.2, -0.15) is 0 Å². The number of methoxy groups -OCH3 is 1. The minimum absolute atomic E-state index is 0.149. The van der Waals surface area contributed by atoms with Crippen LogP contribution in [0.5, 0.6) is 5.75 Å². The zero-order valence-corrected chi connectivity index (χ0v) is 13.0. The summed E-state index contributed by atoms with van der Waals surface area (Å²) in [6.07, 6.45) is 0.913. The molecule has 2 aromatic carbocycles. The molecule has 1 N–H and O–H groups in total. The first kappa shape index (κ1) is 15.8. The molecule has 112 valence electrons. The molecule has 1 atom stereocenters. The molecule has 0 fully saturated rings. The molecule has 0 aliphatic rings. The highest BCUT2D eigenvalue weighted by Gasteiger charge is 2.13. The van der Waals surface area contributed by atoms with Gasteiger partial charge in [-0.3, -0.25) is 0 Å². The van der Waals surface area contributed by atoms with Gasteiger partial charge in [0.2, 0.25) is 0 Å². The van der Waals surface area contributed by atoms with Crippen LogP contribution in [-0.2, 0) is 6.54 Å². The summed E-state index contributed by atoms with van der Waals surface area (Å²) in [5, 5.41) is 3.58. The monoisotopic (exact) mass is 307 g/mol. The third kappa shape index (κ3) is 3.96. The van der Waals surface area contributed by atoms with Gasteiger partial charge in [0.25, 0.3) is 0 Å². The van der Waals surface area contributed by atoms with E-state index in [9.17, 15) is 4.39 Å². The van der Waals surface area contributed by atoms with Crippen molar-refractivity contribution in [2.45, 2.75) is 25.9 Å². The Morgan fingerprint density at radius 3 is 2.67 bits per heavy atom. The number of benzene rings is 2. The van der Waals surface area contributed by atoms with E-state index >= 15 is 0 Å². The second-order valence-electron chi connectivity index (χ2n) is 4.83. The van der Waals surface area contributed by atoms with Crippen LogP contribution in [0.25, 0.3) is 0 Å². The van der Waals surface area contributed by atoms with Crippen molar-refractivity contribution in [3.8, 4) is 5.75 Å². The largest absolute Gasteiger partial charge is 0.496 e. The topological polar surface area (TPSA) is 21.3 Å². The normalized spacial score (nSPS) is 12.2. The Morgan fingerprint density at radius 2 is 2.00 bits per heavy atom. The molecule has 0 saturated heterocycles. The summed E-state index contributed by atoms with van der Waals surface area (Å²) in [7, 11) is 1.67. The number of hydrogen-bond donors (Lipinski definition) is 1. The predicted octanol–water partition coefficient (Wildman–Crippen LogP) is 4.73. The fourth-order valence-corrected chi connectivity index (χ4v) is 2.44. The van der Waals surface area contributed by atoms with Crippen LogP contribution in [0.2, 0.25) is 5.02 Å². The van der Waals surface area contributed by atoms with E-state index in [1.165, 1.54) is 6.07 Å². The second-order valence-corrected chi connectivity index (χ2v) is 5.24. The number of halogens is 2. The molecule has 21 heavy (non-hydrogen) atoms. The fraction of sp³-hybridized carbons (Fsp3) is 0.294. The standard InChI is InChI=1S/C17H19ClFNO/c1-3-16(13-6-4-5-7-17(13)21-2)20-11-12-8-9-14(18)15(19)10-12/h4-10,16,20H,3,11H2,1-2H3. The third-order valence-electron chi connectivity index (χ3n) is 3.46. The average Bonchev–Trinajstić information content (AvgIpc) is 2.51. The molecule has 0 bridgehead atoms. The fourth-order valence-electron chi connectivity index (χ4n) is 2.32. The maximum absolute atomic E-state index is 13.4. The summed E-state index contributed by atoms with van der Waals surface area (Å²) in [5.74, 6) is 0.473.